The number of fused-ring (bicyclic) bond motifs is 2. The van der Waals surface area contributed by atoms with Crippen molar-refractivity contribution in [2.24, 2.45) is 0 Å². The van der Waals surface area contributed by atoms with Crippen LogP contribution in [0.1, 0.15) is 18.4 Å². The summed E-state index contributed by atoms with van der Waals surface area (Å²) in [5, 5.41) is 6.90. The normalized spacial score (nSPS) is 17.6. The second-order valence-corrected chi connectivity index (χ2v) is 8.26. The number of hydrogen-bond donors (Lipinski definition) is 2. The summed E-state index contributed by atoms with van der Waals surface area (Å²) < 4.78 is 13.2. The van der Waals surface area contributed by atoms with E-state index in [1.165, 1.54) is 0 Å². The number of anilines is 1. The van der Waals surface area contributed by atoms with Gasteiger partial charge in [0.05, 0.1) is 11.0 Å². The first kappa shape index (κ1) is 19.1. The Kier molecular flexibility index (Phi) is 4.65. The van der Waals surface area contributed by atoms with E-state index >= 15 is 0 Å². The molecule has 8 heteroatoms. The number of benzene rings is 2. The Bertz CT molecular complexity index is 1300. The summed E-state index contributed by atoms with van der Waals surface area (Å²) in [7, 11) is 0. The molecule has 2 aromatic carbocycles. The zero-order valence-electron chi connectivity index (χ0n) is 17.8. The standard InChI is InChI=1S/C24H24N6O2/c1-15-4-6-18-19(11-15)30(23(28-18)16-5-7-20-21(12-16)32-14-31-20)22-8-10-26-24(29-22)27-17-3-2-9-25-13-17/h4-8,10-12,17,25H,2-3,9,13-14H2,1H3,(H,26,27,29)/t17-/m0/s1. The van der Waals surface area contributed by atoms with Gasteiger partial charge in [-0.3, -0.25) is 4.57 Å². The smallest absolute Gasteiger partial charge is 0.231 e. The van der Waals surface area contributed by atoms with E-state index in [0.717, 1.165) is 71.2 Å². The molecular formula is C24H24N6O2. The van der Waals surface area contributed by atoms with Crippen molar-refractivity contribution in [3.8, 4) is 28.7 Å². The monoisotopic (exact) mass is 428 g/mol. The number of rotatable bonds is 4. The van der Waals surface area contributed by atoms with E-state index in [4.69, 9.17) is 19.4 Å². The third kappa shape index (κ3) is 3.42. The molecule has 0 saturated carbocycles. The van der Waals surface area contributed by atoms with Crippen molar-refractivity contribution in [3.63, 3.8) is 0 Å². The van der Waals surface area contributed by atoms with Crippen LogP contribution in [0.2, 0.25) is 0 Å². The van der Waals surface area contributed by atoms with Crippen LogP contribution in [0.5, 0.6) is 11.5 Å². The minimum absolute atomic E-state index is 0.241. The van der Waals surface area contributed by atoms with Crippen molar-refractivity contribution < 1.29 is 9.47 Å². The molecule has 8 nitrogen and oxygen atoms in total. The highest BCUT2D eigenvalue weighted by atomic mass is 16.7. The van der Waals surface area contributed by atoms with Gasteiger partial charge in [-0.15, -0.1) is 0 Å². The van der Waals surface area contributed by atoms with Crippen LogP contribution in [0, 0.1) is 6.92 Å². The first-order valence-corrected chi connectivity index (χ1v) is 10.9. The zero-order valence-corrected chi connectivity index (χ0v) is 17.8. The van der Waals surface area contributed by atoms with Crippen molar-refractivity contribution in [1.29, 1.82) is 0 Å². The van der Waals surface area contributed by atoms with E-state index in [2.05, 4.69) is 39.2 Å². The molecule has 0 aliphatic carbocycles. The van der Waals surface area contributed by atoms with Crippen LogP contribution in [-0.4, -0.2) is 45.4 Å². The molecule has 6 rings (SSSR count). The lowest BCUT2D eigenvalue weighted by molar-refractivity contribution is 0.174. The third-order valence-corrected chi connectivity index (χ3v) is 5.94. The van der Waals surface area contributed by atoms with Crippen molar-refractivity contribution in [3.05, 3.63) is 54.2 Å². The van der Waals surface area contributed by atoms with Crippen molar-refractivity contribution >= 4 is 17.0 Å². The fourth-order valence-corrected chi connectivity index (χ4v) is 4.35. The van der Waals surface area contributed by atoms with Crippen molar-refractivity contribution in [2.75, 3.05) is 25.2 Å². The van der Waals surface area contributed by atoms with Gasteiger partial charge in [0.1, 0.15) is 11.6 Å². The van der Waals surface area contributed by atoms with Crippen LogP contribution < -0.4 is 20.1 Å². The second-order valence-electron chi connectivity index (χ2n) is 8.26. The topological polar surface area (TPSA) is 86.1 Å². The van der Waals surface area contributed by atoms with Crippen LogP contribution in [0.4, 0.5) is 5.95 Å². The van der Waals surface area contributed by atoms with Gasteiger partial charge < -0.3 is 20.1 Å². The lowest BCUT2D eigenvalue weighted by Crippen LogP contribution is -2.38. The lowest BCUT2D eigenvalue weighted by atomic mass is 10.1. The molecule has 2 aromatic heterocycles. The quantitative estimate of drug-likeness (QED) is 0.513. The number of piperidine rings is 1. The molecule has 2 aliphatic rings. The SMILES string of the molecule is Cc1ccc2nc(-c3ccc4c(c3)OCO4)n(-c3ccnc(N[C@H]4CCCNC4)n3)c2c1. The number of nitrogens with zero attached hydrogens (tertiary/aromatic N) is 4. The molecule has 0 amide bonds. The second kappa shape index (κ2) is 7.80. The summed E-state index contributed by atoms with van der Waals surface area (Å²) in [6.07, 6.45) is 4.05. The summed E-state index contributed by atoms with van der Waals surface area (Å²) in [6, 6.07) is 14.4. The first-order valence-electron chi connectivity index (χ1n) is 10.9. The van der Waals surface area contributed by atoms with E-state index in [1.54, 1.807) is 6.20 Å². The minimum Gasteiger partial charge on any atom is -0.454 e. The Morgan fingerprint density at radius 3 is 2.91 bits per heavy atom. The summed E-state index contributed by atoms with van der Waals surface area (Å²) in [6.45, 7) is 4.31. The summed E-state index contributed by atoms with van der Waals surface area (Å²) in [5.74, 6) is 3.68. The Morgan fingerprint density at radius 1 is 1.06 bits per heavy atom. The fourth-order valence-electron chi connectivity index (χ4n) is 4.35. The molecule has 2 aliphatic heterocycles. The van der Waals surface area contributed by atoms with Crippen LogP contribution in [0.15, 0.2) is 48.7 Å². The van der Waals surface area contributed by atoms with Gasteiger partial charge in [-0.2, -0.15) is 4.98 Å². The molecule has 1 fully saturated rings. The maximum Gasteiger partial charge on any atom is 0.231 e. The molecule has 0 unspecified atom stereocenters. The summed E-state index contributed by atoms with van der Waals surface area (Å²) in [5.41, 5.74) is 4.01. The Labute approximate surface area is 185 Å². The highest BCUT2D eigenvalue weighted by Crippen LogP contribution is 2.37. The van der Waals surface area contributed by atoms with E-state index in [0.29, 0.717) is 12.0 Å². The van der Waals surface area contributed by atoms with Gasteiger partial charge in [0.15, 0.2) is 11.5 Å². The average molecular weight is 428 g/mol. The van der Waals surface area contributed by atoms with Gasteiger partial charge >= 0.3 is 0 Å². The molecule has 2 N–H and O–H groups in total. The molecule has 4 heterocycles. The molecule has 0 spiro atoms. The number of aromatic nitrogens is 4. The predicted octanol–water partition coefficient (Wildman–Crippen LogP) is 3.68. The van der Waals surface area contributed by atoms with Crippen molar-refractivity contribution in [1.82, 2.24) is 24.8 Å². The van der Waals surface area contributed by atoms with E-state index in [9.17, 15) is 0 Å². The Hall–Kier alpha value is -3.65. The van der Waals surface area contributed by atoms with Gasteiger partial charge in [-0.25, -0.2) is 9.97 Å². The molecule has 162 valence electrons. The predicted molar refractivity (Wildman–Crippen MR) is 122 cm³/mol. The lowest BCUT2D eigenvalue weighted by Gasteiger charge is -2.23. The maximum atomic E-state index is 5.60. The molecule has 1 atom stereocenters. The zero-order chi connectivity index (χ0) is 21.5. The van der Waals surface area contributed by atoms with Gasteiger partial charge in [0.25, 0.3) is 0 Å². The van der Waals surface area contributed by atoms with Crippen LogP contribution in [-0.2, 0) is 0 Å². The van der Waals surface area contributed by atoms with E-state index in [1.807, 2.05) is 30.3 Å². The van der Waals surface area contributed by atoms with E-state index < -0.39 is 0 Å². The summed E-state index contributed by atoms with van der Waals surface area (Å²) >= 11 is 0. The summed E-state index contributed by atoms with van der Waals surface area (Å²) in [4.78, 5) is 14.3. The van der Waals surface area contributed by atoms with Gasteiger partial charge in [-0.05, 0) is 68.3 Å². The Morgan fingerprint density at radius 2 is 2.00 bits per heavy atom. The van der Waals surface area contributed by atoms with Gasteiger partial charge in [-0.1, -0.05) is 6.07 Å². The number of ether oxygens (including phenoxy) is 2. The first-order chi connectivity index (χ1) is 15.7. The van der Waals surface area contributed by atoms with Crippen molar-refractivity contribution in [2.45, 2.75) is 25.8 Å². The molecule has 0 radical (unpaired) electrons. The molecule has 32 heavy (non-hydrogen) atoms. The number of nitrogens with one attached hydrogen (secondary N) is 2. The Balaban J connectivity index is 1.47. The minimum atomic E-state index is 0.241. The number of aryl methyl sites for hydroxylation is 1. The van der Waals surface area contributed by atoms with Crippen LogP contribution >= 0.6 is 0 Å². The number of imidazole rings is 1. The number of hydrogen-bond acceptors (Lipinski definition) is 7. The van der Waals surface area contributed by atoms with Gasteiger partial charge in [0.2, 0.25) is 12.7 Å². The van der Waals surface area contributed by atoms with E-state index in [-0.39, 0.29) is 6.79 Å². The highest BCUT2D eigenvalue weighted by molar-refractivity contribution is 5.84. The fraction of sp³-hybridized carbons (Fsp3) is 0.292. The van der Waals surface area contributed by atoms with Gasteiger partial charge in [0, 0.05) is 24.3 Å². The maximum absolute atomic E-state index is 5.60. The molecule has 4 aromatic rings. The average Bonchev–Trinajstić information content (AvgIpc) is 3.43. The highest BCUT2D eigenvalue weighted by Gasteiger charge is 2.20. The van der Waals surface area contributed by atoms with Crippen LogP contribution in [0.25, 0.3) is 28.2 Å². The molecule has 0 bridgehead atoms. The molecular weight excluding hydrogens is 404 g/mol. The van der Waals surface area contributed by atoms with Crippen LogP contribution in [0.3, 0.4) is 0 Å². The largest absolute Gasteiger partial charge is 0.454 e. The third-order valence-electron chi connectivity index (χ3n) is 5.94. The molecule has 1 saturated heterocycles.